The second-order valence-electron chi connectivity index (χ2n) is 3.61. The number of nitrogens with zero attached hydrogens (tertiary/aromatic N) is 2. The summed E-state index contributed by atoms with van der Waals surface area (Å²) in [7, 11) is 0. The molecule has 0 spiro atoms. The summed E-state index contributed by atoms with van der Waals surface area (Å²) < 4.78 is 0. The van der Waals surface area contributed by atoms with Crippen LogP contribution in [0.25, 0.3) is 0 Å². The predicted octanol–water partition coefficient (Wildman–Crippen LogP) is 2.84. The van der Waals surface area contributed by atoms with Crippen LogP contribution in [0.1, 0.15) is 19.5 Å². The SMILES string of the molecule is Cc1cccc(N(CCCl)C(C)C)n1. The first kappa shape index (κ1) is 11.3. The zero-order chi connectivity index (χ0) is 10.6. The topological polar surface area (TPSA) is 16.1 Å². The number of hydrogen-bond donors (Lipinski definition) is 0. The Labute approximate surface area is 90.9 Å². The van der Waals surface area contributed by atoms with E-state index in [-0.39, 0.29) is 0 Å². The lowest BCUT2D eigenvalue weighted by atomic mass is 10.3. The molecule has 0 atom stereocenters. The van der Waals surface area contributed by atoms with Crippen LogP contribution in [-0.2, 0) is 0 Å². The number of halogens is 1. The second kappa shape index (κ2) is 5.20. The first-order valence-corrected chi connectivity index (χ1v) is 5.45. The summed E-state index contributed by atoms with van der Waals surface area (Å²) in [5, 5.41) is 0. The molecule has 78 valence electrons. The third-order valence-corrected chi connectivity index (χ3v) is 2.29. The highest BCUT2D eigenvalue weighted by Crippen LogP contribution is 2.14. The number of rotatable bonds is 4. The maximum Gasteiger partial charge on any atom is 0.129 e. The molecular weight excluding hydrogens is 196 g/mol. The van der Waals surface area contributed by atoms with Crippen molar-refractivity contribution in [2.45, 2.75) is 26.8 Å². The van der Waals surface area contributed by atoms with Crippen molar-refractivity contribution >= 4 is 17.4 Å². The third kappa shape index (κ3) is 2.88. The van der Waals surface area contributed by atoms with Crippen LogP contribution in [0.15, 0.2) is 18.2 Å². The average molecular weight is 213 g/mol. The van der Waals surface area contributed by atoms with Gasteiger partial charge in [0.25, 0.3) is 0 Å². The quantitative estimate of drug-likeness (QED) is 0.714. The Balaban J connectivity index is 2.87. The first-order valence-electron chi connectivity index (χ1n) is 4.91. The van der Waals surface area contributed by atoms with Gasteiger partial charge in [0, 0.05) is 24.2 Å². The zero-order valence-electron chi connectivity index (χ0n) is 9.00. The molecule has 1 heterocycles. The highest BCUT2D eigenvalue weighted by atomic mass is 35.5. The van der Waals surface area contributed by atoms with Crippen LogP contribution >= 0.6 is 11.6 Å². The number of hydrogen-bond acceptors (Lipinski definition) is 2. The largest absolute Gasteiger partial charge is 0.353 e. The summed E-state index contributed by atoms with van der Waals surface area (Å²) in [6.07, 6.45) is 0. The van der Waals surface area contributed by atoms with Crippen LogP contribution in [0, 0.1) is 6.92 Å². The summed E-state index contributed by atoms with van der Waals surface area (Å²) >= 11 is 5.76. The molecule has 14 heavy (non-hydrogen) atoms. The molecule has 0 saturated heterocycles. The Morgan fingerprint density at radius 2 is 2.14 bits per heavy atom. The van der Waals surface area contributed by atoms with E-state index in [1.54, 1.807) is 0 Å². The Hall–Kier alpha value is -0.760. The monoisotopic (exact) mass is 212 g/mol. The Kier molecular flexibility index (Phi) is 4.21. The van der Waals surface area contributed by atoms with Crippen LogP contribution in [0.3, 0.4) is 0 Å². The van der Waals surface area contributed by atoms with Crippen LogP contribution < -0.4 is 4.90 Å². The molecule has 0 saturated carbocycles. The number of anilines is 1. The molecule has 1 rings (SSSR count). The molecule has 3 heteroatoms. The highest BCUT2D eigenvalue weighted by Gasteiger charge is 2.10. The van der Waals surface area contributed by atoms with Crippen LogP contribution in [0.2, 0.25) is 0 Å². The lowest BCUT2D eigenvalue weighted by molar-refractivity contribution is 0.694. The van der Waals surface area contributed by atoms with E-state index in [0.717, 1.165) is 18.1 Å². The molecule has 0 bridgehead atoms. The van der Waals surface area contributed by atoms with E-state index in [1.165, 1.54) is 0 Å². The van der Waals surface area contributed by atoms with Crippen molar-refractivity contribution in [3.8, 4) is 0 Å². The first-order chi connectivity index (χ1) is 6.65. The maximum absolute atomic E-state index is 5.76. The lowest BCUT2D eigenvalue weighted by Gasteiger charge is -2.27. The van der Waals surface area contributed by atoms with Gasteiger partial charge in [-0.1, -0.05) is 6.07 Å². The molecule has 0 aliphatic heterocycles. The molecule has 0 radical (unpaired) electrons. The highest BCUT2D eigenvalue weighted by molar-refractivity contribution is 6.18. The normalized spacial score (nSPS) is 10.6. The maximum atomic E-state index is 5.76. The van der Waals surface area contributed by atoms with E-state index in [4.69, 9.17) is 11.6 Å². The van der Waals surface area contributed by atoms with Gasteiger partial charge in [-0.2, -0.15) is 0 Å². The van der Waals surface area contributed by atoms with Crippen molar-refractivity contribution in [3.63, 3.8) is 0 Å². The van der Waals surface area contributed by atoms with Gasteiger partial charge < -0.3 is 4.90 Å². The van der Waals surface area contributed by atoms with Gasteiger partial charge in [-0.05, 0) is 32.9 Å². The molecule has 0 aliphatic rings. The van der Waals surface area contributed by atoms with Crippen molar-refractivity contribution in [1.29, 1.82) is 0 Å². The minimum absolute atomic E-state index is 0.433. The number of aromatic nitrogens is 1. The minimum Gasteiger partial charge on any atom is -0.353 e. The van der Waals surface area contributed by atoms with Crippen molar-refractivity contribution in [2.24, 2.45) is 0 Å². The van der Waals surface area contributed by atoms with E-state index in [0.29, 0.717) is 11.9 Å². The van der Waals surface area contributed by atoms with Crippen molar-refractivity contribution in [2.75, 3.05) is 17.3 Å². The number of pyridine rings is 1. The van der Waals surface area contributed by atoms with Gasteiger partial charge in [0.15, 0.2) is 0 Å². The molecule has 1 aromatic heterocycles. The summed E-state index contributed by atoms with van der Waals surface area (Å²) in [4.78, 5) is 6.69. The molecule has 0 fully saturated rings. The minimum atomic E-state index is 0.433. The van der Waals surface area contributed by atoms with Crippen molar-refractivity contribution in [1.82, 2.24) is 4.98 Å². The fraction of sp³-hybridized carbons (Fsp3) is 0.545. The summed E-state index contributed by atoms with van der Waals surface area (Å²) in [6.45, 7) is 7.14. The molecule has 0 aliphatic carbocycles. The van der Waals surface area contributed by atoms with Crippen LogP contribution in [0.5, 0.6) is 0 Å². The van der Waals surface area contributed by atoms with Crippen LogP contribution in [-0.4, -0.2) is 23.5 Å². The zero-order valence-corrected chi connectivity index (χ0v) is 9.75. The fourth-order valence-corrected chi connectivity index (χ4v) is 1.60. The molecule has 0 unspecified atom stereocenters. The predicted molar refractivity (Wildman–Crippen MR) is 62.2 cm³/mol. The molecule has 2 nitrogen and oxygen atoms in total. The van der Waals surface area contributed by atoms with E-state index < -0.39 is 0 Å². The van der Waals surface area contributed by atoms with Gasteiger partial charge in [0.05, 0.1) is 0 Å². The Bertz CT molecular complexity index is 286. The third-order valence-electron chi connectivity index (χ3n) is 2.12. The summed E-state index contributed by atoms with van der Waals surface area (Å²) in [5.74, 6) is 1.65. The van der Waals surface area contributed by atoms with E-state index in [9.17, 15) is 0 Å². The second-order valence-corrected chi connectivity index (χ2v) is 3.99. The molecule has 1 aromatic rings. The van der Waals surface area contributed by atoms with E-state index in [1.807, 2.05) is 25.1 Å². The Morgan fingerprint density at radius 1 is 1.43 bits per heavy atom. The van der Waals surface area contributed by atoms with Gasteiger partial charge in [0.2, 0.25) is 0 Å². The molecule has 0 N–H and O–H groups in total. The summed E-state index contributed by atoms with van der Waals surface area (Å²) in [5.41, 5.74) is 1.04. The molecule has 0 aromatic carbocycles. The standard InChI is InChI=1S/C11H17ClN2/c1-9(2)14(8-7-12)11-6-4-5-10(3)13-11/h4-6,9H,7-8H2,1-3H3. The van der Waals surface area contributed by atoms with Gasteiger partial charge in [-0.15, -0.1) is 11.6 Å². The lowest BCUT2D eigenvalue weighted by Crippen LogP contribution is -2.33. The van der Waals surface area contributed by atoms with Crippen molar-refractivity contribution < 1.29 is 0 Å². The van der Waals surface area contributed by atoms with Gasteiger partial charge in [-0.25, -0.2) is 4.98 Å². The van der Waals surface area contributed by atoms with Gasteiger partial charge >= 0.3 is 0 Å². The van der Waals surface area contributed by atoms with Crippen LogP contribution in [0.4, 0.5) is 5.82 Å². The summed E-state index contributed by atoms with van der Waals surface area (Å²) in [6, 6.07) is 6.49. The fourth-order valence-electron chi connectivity index (χ4n) is 1.42. The van der Waals surface area contributed by atoms with Gasteiger partial charge in [-0.3, -0.25) is 0 Å². The van der Waals surface area contributed by atoms with Gasteiger partial charge in [0.1, 0.15) is 5.82 Å². The Morgan fingerprint density at radius 3 is 2.64 bits per heavy atom. The number of alkyl halides is 1. The molecule has 0 amide bonds. The van der Waals surface area contributed by atoms with E-state index >= 15 is 0 Å². The number of aryl methyl sites for hydroxylation is 1. The average Bonchev–Trinajstić information content (AvgIpc) is 2.13. The van der Waals surface area contributed by atoms with E-state index in [2.05, 4.69) is 23.7 Å². The molecular formula is C11H17ClN2. The van der Waals surface area contributed by atoms with Crippen molar-refractivity contribution in [3.05, 3.63) is 23.9 Å². The smallest absolute Gasteiger partial charge is 0.129 e.